The highest BCUT2D eigenvalue weighted by molar-refractivity contribution is 5.76. The average Bonchev–Trinajstić information content (AvgIpc) is 3.31. The first kappa shape index (κ1) is 17.2. The van der Waals surface area contributed by atoms with E-state index in [-0.39, 0.29) is 12.0 Å². The Morgan fingerprint density at radius 2 is 2.31 bits per heavy atom. The number of amides is 1. The standard InChI is InChI=1S/C20H25N3O3/c24-20(22-10-15-2-1-5-21-9-15)8-19-18-3-6-23(12-17(18)14-26-19)11-16-4-7-25-13-16/h1-2,4-5,7,9,13,17-19H,3,6,8,10-12,14H2,(H,22,24)/t17-,18-,19+/m1/s1. The Morgan fingerprint density at radius 3 is 3.12 bits per heavy atom. The van der Waals surface area contributed by atoms with Gasteiger partial charge in [0.2, 0.25) is 5.91 Å². The molecule has 138 valence electrons. The summed E-state index contributed by atoms with van der Waals surface area (Å²) in [6, 6.07) is 5.86. The molecule has 26 heavy (non-hydrogen) atoms. The van der Waals surface area contributed by atoms with E-state index in [1.807, 2.05) is 24.5 Å². The van der Waals surface area contributed by atoms with Crippen molar-refractivity contribution in [1.29, 1.82) is 0 Å². The van der Waals surface area contributed by atoms with Crippen molar-refractivity contribution in [3.05, 3.63) is 54.2 Å². The van der Waals surface area contributed by atoms with Gasteiger partial charge < -0.3 is 14.5 Å². The lowest BCUT2D eigenvalue weighted by atomic mass is 9.83. The van der Waals surface area contributed by atoms with E-state index in [9.17, 15) is 4.79 Å². The van der Waals surface area contributed by atoms with Crippen molar-refractivity contribution in [2.45, 2.75) is 32.0 Å². The van der Waals surface area contributed by atoms with Gasteiger partial charge in [-0.1, -0.05) is 6.07 Å². The van der Waals surface area contributed by atoms with E-state index in [0.29, 0.717) is 24.8 Å². The van der Waals surface area contributed by atoms with E-state index in [1.165, 1.54) is 5.56 Å². The lowest BCUT2D eigenvalue weighted by Gasteiger charge is -2.35. The number of nitrogens with zero attached hydrogens (tertiary/aromatic N) is 2. The molecule has 2 fully saturated rings. The highest BCUT2D eigenvalue weighted by Crippen LogP contribution is 2.36. The summed E-state index contributed by atoms with van der Waals surface area (Å²) in [4.78, 5) is 18.8. The van der Waals surface area contributed by atoms with Crippen LogP contribution in [0.4, 0.5) is 0 Å². The van der Waals surface area contributed by atoms with Gasteiger partial charge in [0.1, 0.15) is 0 Å². The SMILES string of the molecule is O=C(C[C@@H]1OC[C@H]2CN(Cc3ccoc3)CC[C@H]21)NCc1cccnc1. The number of hydrogen-bond acceptors (Lipinski definition) is 5. The molecule has 6 heteroatoms. The fourth-order valence-electron chi connectivity index (χ4n) is 4.12. The van der Waals surface area contributed by atoms with Gasteiger partial charge >= 0.3 is 0 Å². The Morgan fingerprint density at radius 1 is 1.35 bits per heavy atom. The second-order valence-corrected chi connectivity index (χ2v) is 7.29. The Bertz CT molecular complexity index is 704. The van der Waals surface area contributed by atoms with Gasteiger partial charge in [-0.3, -0.25) is 14.7 Å². The van der Waals surface area contributed by atoms with Gasteiger partial charge in [-0.25, -0.2) is 0 Å². The summed E-state index contributed by atoms with van der Waals surface area (Å²) in [5, 5.41) is 2.98. The van der Waals surface area contributed by atoms with Crippen molar-refractivity contribution < 1.29 is 13.9 Å². The quantitative estimate of drug-likeness (QED) is 0.861. The molecule has 1 N–H and O–H groups in total. The molecule has 3 atom stereocenters. The minimum Gasteiger partial charge on any atom is -0.472 e. The van der Waals surface area contributed by atoms with Crippen LogP contribution in [0.15, 0.2) is 47.5 Å². The van der Waals surface area contributed by atoms with Crippen molar-refractivity contribution in [3.8, 4) is 0 Å². The molecule has 0 unspecified atom stereocenters. The van der Waals surface area contributed by atoms with Crippen LogP contribution in [0.1, 0.15) is 24.0 Å². The zero-order valence-corrected chi connectivity index (χ0v) is 14.8. The van der Waals surface area contributed by atoms with Crippen LogP contribution in [0.25, 0.3) is 0 Å². The van der Waals surface area contributed by atoms with Crippen LogP contribution < -0.4 is 5.32 Å². The van der Waals surface area contributed by atoms with Crippen molar-refractivity contribution in [3.63, 3.8) is 0 Å². The summed E-state index contributed by atoms with van der Waals surface area (Å²) in [7, 11) is 0. The number of nitrogens with one attached hydrogen (secondary N) is 1. The largest absolute Gasteiger partial charge is 0.472 e. The molecule has 0 saturated carbocycles. The summed E-state index contributed by atoms with van der Waals surface area (Å²) in [5.74, 6) is 1.06. The number of carbonyl (C=O) groups is 1. The van der Waals surface area contributed by atoms with E-state index < -0.39 is 0 Å². The summed E-state index contributed by atoms with van der Waals surface area (Å²) in [5.41, 5.74) is 2.23. The molecule has 6 nitrogen and oxygen atoms in total. The van der Waals surface area contributed by atoms with Crippen molar-refractivity contribution in [2.75, 3.05) is 19.7 Å². The van der Waals surface area contributed by atoms with E-state index in [1.54, 1.807) is 18.7 Å². The third-order valence-electron chi connectivity index (χ3n) is 5.46. The van der Waals surface area contributed by atoms with Crippen LogP contribution in [-0.2, 0) is 22.6 Å². The first-order valence-corrected chi connectivity index (χ1v) is 9.28. The fourth-order valence-corrected chi connectivity index (χ4v) is 4.12. The topological polar surface area (TPSA) is 67.6 Å². The minimum absolute atomic E-state index is 0.0463. The average molecular weight is 355 g/mol. The summed E-state index contributed by atoms with van der Waals surface area (Å²) in [6.45, 7) is 4.28. The molecule has 2 aliphatic rings. The van der Waals surface area contributed by atoms with E-state index >= 15 is 0 Å². The molecule has 2 saturated heterocycles. The van der Waals surface area contributed by atoms with Gasteiger partial charge in [0.05, 0.1) is 31.7 Å². The highest BCUT2D eigenvalue weighted by Gasteiger charge is 2.41. The molecular formula is C20H25N3O3. The number of pyridine rings is 1. The number of furan rings is 1. The number of rotatable bonds is 6. The van der Waals surface area contributed by atoms with Gasteiger partial charge in [0.15, 0.2) is 0 Å². The van der Waals surface area contributed by atoms with Crippen molar-refractivity contribution >= 4 is 5.91 Å². The number of piperidine rings is 1. The minimum atomic E-state index is 0.0463. The zero-order chi connectivity index (χ0) is 17.8. The number of carbonyl (C=O) groups excluding carboxylic acids is 1. The van der Waals surface area contributed by atoms with Gasteiger partial charge in [0.25, 0.3) is 0 Å². The number of likely N-dealkylation sites (tertiary alicyclic amines) is 1. The lowest BCUT2D eigenvalue weighted by Crippen LogP contribution is -2.41. The molecule has 4 rings (SSSR count). The first-order chi connectivity index (χ1) is 12.8. The molecule has 2 aliphatic heterocycles. The van der Waals surface area contributed by atoms with Crippen LogP contribution >= 0.6 is 0 Å². The third-order valence-corrected chi connectivity index (χ3v) is 5.46. The van der Waals surface area contributed by atoms with Crippen LogP contribution in [0, 0.1) is 11.8 Å². The van der Waals surface area contributed by atoms with E-state index in [0.717, 1.165) is 38.2 Å². The zero-order valence-electron chi connectivity index (χ0n) is 14.8. The van der Waals surface area contributed by atoms with Gasteiger partial charge in [-0.05, 0) is 36.6 Å². The van der Waals surface area contributed by atoms with Crippen molar-refractivity contribution in [2.24, 2.45) is 11.8 Å². The molecule has 2 aromatic rings. The van der Waals surface area contributed by atoms with Gasteiger partial charge in [-0.2, -0.15) is 0 Å². The van der Waals surface area contributed by atoms with Gasteiger partial charge in [0, 0.05) is 43.5 Å². The monoisotopic (exact) mass is 355 g/mol. The Labute approximate surface area is 153 Å². The molecule has 0 aliphatic carbocycles. The molecule has 0 spiro atoms. The number of fused-ring (bicyclic) bond motifs is 1. The van der Waals surface area contributed by atoms with E-state index in [4.69, 9.17) is 9.15 Å². The third kappa shape index (κ3) is 4.14. The molecule has 0 radical (unpaired) electrons. The molecule has 2 aromatic heterocycles. The van der Waals surface area contributed by atoms with Crippen LogP contribution in [0.3, 0.4) is 0 Å². The maximum absolute atomic E-state index is 12.3. The Kier molecular flexibility index (Phi) is 5.32. The Hall–Kier alpha value is -2.18. The fraction of sp³-hybridized carbons (Fsp3) is 0.500. The number of aromatic nitrogens is 1. The van der Waals surface area contributed by atoms with Gasteiger partial charge in [-0.15, -0.1) is 0 Å². The summed E-state index contributed by atoms with van der Waals surface area (Å²) >= 11 is 0. The number of ether oxygens (including phenoxy) is 1. The maximum Gasteiger partial charge on any atom is 0.222 e. The molecule has 1 amide bonds. The molecule has 0 bridgehead atoms. The molecule has 0 aromatic carbocycles. The summed E-state index contributed by atoms with van der Waals surface area (Å²) < 4.78 is 11.1. The van der Waals surface area contributed by atoms with E-state index in [2.05, 4.69) is 15.2 Å². The molecule has 4 heterocycles. The maximum atomic E-state index is 12.3. The molecular weight excluding hydrogens is 330 g/mol. The second-order valence-electron chi connectivity index (χ2n) is 7.29. The Balaban J connectivity index is 1.24. The second kappa shape index (κ2) is 8.01. The first-order valence-electron chi connectivity index (χ1n) is 9.28. The number of hydrogen-bond donors (Lipinski definition) is 1. The summed E-state index contributed by atoms with van der Waals surface area (Å²) in [6.07, 6.45) is 8.62. The van der Waals surface area contributed by atoms with Crippen LogP contribution in [-0.4, -0.2) is 41.6 Å². The van der Waals surface area contributed by atoms with Crippen molar-refractivity contribution in [1.82, 2.24) is 15.2 Å². The highest BCUT2D eigenvalue weighted by atomic mass is 16.5. The normalized spacial score (nSPS) is 25.8. The van der Waals surface area contributed by atoms with Crippen LogP contribution in [0.5, 0.6) is 0 Å². The predicted octanol–water partition coefficient (Wildman–Crippen LogP) is 2.22. The predicted molar refractivity (Wildman–Crippen MR) is 96.0 cm³/mol. The lowest BCUT2D eigenvalue weighted by molar-refractivity contribution is -0.124. The van der Waals surface area contributed by atoms with Crippen LogP contribution in [0.2, 0.25) is 0 Å². The smallest absolute Gasteiger partial charge is 0.222 e.